The summed E-state index contributed by atoms with van der Waals surface area (Å²) in [5, 5.41) is 7.12. The molecule has 0 saturated carbocycles. The molecule has 5 heteroatoms. The van der Waals surface area contributed by atoms with E-state index < -0.39 is 0 Å². The lowest BCUT2D eigenvalue weighted by atomic mass is 9.96. The van der Waals surface area contributed by atoms with Crippen LogP contribution in [0, 0.1) is 0 Å². The summed E-state index contributed by atoms with van der Waals surface area (Å²) in [6.45, 7) is 7.02. The lowest BCUT2D eigenvalue weighted by Crippen LogP contribution is -2.35. The molecule has 134 valence electrons. The van der Waals surface area contributed by atoms with Crippen molar-refractivity contribution in [3.63, 3.8) is 0 Å². The zero-order valence-corrected chi connectivity index (χ0v) is 14.9. The zero-order chi connectivity index (χ0) is 16.9. The van der Waals surface area contributed by atoms with Crippen molar-refractivity contribution in [2.45, 2.75) is 38.4 Å². The molecule has 1 aromatic heterocycles. The number of aromatic amines is 1. The van der Waals surface area contributed by atoms with Gasteiger partial charge in [0, 0.05) is 44.0 Å². The first-order valence-electron chi connectivity index (χ1n) is 9.49. The highest BCUT2D eigenvalue weighted by molar-refractivity contribution is 5.24. The van der Waals surface area contributed by atoms with Crippen molar-refractivity contribution in [3.05, 3.63) is 53.3 Å². The van der Waals surface area contributed by atoms with Gasteiger partial charge in [-0.05, 0) is 30.5 Å². The minimum atomic E-state index is 0.496. The van der Waals surface area contributed by atoms with Gasteiger partial charge in [0.25, 0.3) is 0 Å². The van der Waals surface area contributed by atoms with E-state index in [4.69, 9.17) is 4.74 Å². The van der Waals surface area contributed by atoms with Crippen LogP contribution in [0.3, 0.4) is 0 Å². The molecule has 2 aliphatic heterocycles. The molecule has 1 N–H and O–H groups in total. The number of morpholine rings is 1. The number of rotatable bonds is 5. The quantitative estimate of drug-likeness (QED) is 0.909. The maximum atomic E-state index is 5.45. The average molecular weight is 340 g/mol. The van der Waals surface area contributed by atoms with E-state index in [0.717, 1.165) is 39.4 Å². The number of aromatic nitrogens is 2. The summed E-state index contributed by atoms with van der Waals surface area (Å²) in [4.78, 5) is 5.10. The summed E-state index contributed by atoms with van der Waals surface area (Å²) >= 11 is 0. The molecule has 1 unspecified atom stereocenters. The highest BCUT2D eigenvalue weighted by atomic mass is 16.5. The Labute approximate surface area is 150 Å². The summed E-state index contributed by atoms with van der Waals surface area (Å²) < 4.78 is 5.45. The predicted molar refractivity (Wildman–Crippen MR) is 98.1 cm³/mol. The van der Waals surface area contributed by atoms with Gasteiger partial charge < -0.3 is 4.74 Å². The smallest absolute Gasteiger partial charge is 0.0594 e. The molecule has 0 amide bonds. The van der Waals surface area contributed by atoms with Crippen LogP contribution in [0.15, 0.2) is 36.7 Å². The largest absolute Gasteiger partial charge is 0.379 e. The van der Waals surface area contributed by atoms with E-state index in [0.29, 0.717) is 6.04 Å². The highest BCUT2D eigenvalue weighted by Gasteiger charge is 2.24. The minimum absolute atomic E-state index is 0.496. The van der Waals surface area contributed by atoms with Crippen LogP contribution in [0.1, 0.15) is 42.0 Å². The molecule has 5 nitrogen and oxygen atoms in total. The molecule has 1 aromatic carbocycles. The number of hydrogen-bond acceptors (Lipinski definition) is 4. The second-order valence-corrected chi connectivity index (χ2v) is 7.22. The number of ether oxygens (including phenoxy) is 1. The fraction of sp³-hybridized carbons (Fsp3) is 0.550. The Morgan fingerprint density at radius 3 is 2.72 bits per heavy atom. The average Bonchev–Trinajstić information content (AvgIpc) is 3.18. The van der Waals surface area contributed by atoms with Gasteiger partial charge in [-0.2, -0.15) is 5.10 Å². The summed E-state index contributed by atoms with van der Waals surface area (Å²) in [7, 11) is 0. The van der Waals surface area contributed by atoms with Crippen LogP contribution in [0.2, 0.25) is 0 Å². The number of likely N-dealkylation sites (tertiary alicyclic amines) is 1. The number of nitrogens with one attached hydrogen (secondary N) is 1. The molecule has 0 radical (unpaired) electrons. The molecule has 2 saturated heterocycles. The Bertz CT molecular complexity index is 651. The van der Waals surface area contributed by atoms with Crippen LogP contribution in [0.5, 0.6) is 0 Å². The van der Waals surface area contributed by atoms with Crippen LogP contribution >= 0.6 is 0 Å². The van der Waals surface area contributed by atoms with Crippen LogP contribution in [0.25, 0.3) is 0 Å². The lowest BCUT2D eigenvalue weighted by Gasteiger charge is -2.35. The fourth-order valence-corrected chi connectivity index (χ4v) is 4.08. The van der Waals surface area contributed by atoms with Gasteiger partial charge in [-0.3, -0.25) is 14.9 Å². The van der Waals surface area contributed by atoms with Crippen molar-refractivity contribution in [2.24, 2.45) is 0 Å². The number of H-pyrrole nitrogens is 1. The number of hydrogen-bond donors (Lipinski definition) is 1. The molecule has 4 rings (SSSR count). The predicted octanol–water partition coefficient (Wildman–Crippen LogP) is 2.97. The van der Waals surface area contributed by atoms with Gasteiger partial charge in [0.05, 0.1) is 19.4 Å². The first-order valence-corrected chi connectivity index (χ1v) is 9.49. The fourth-order valence-electron chi connectivity index (χ4n) is 4.08. The number of nitrogens with zero attached hydrogens (tertiary/aromatic N) is 3. The summed E-state index contributed by atoms with van der Waals surface area (Å²) in [6.07, 6.45) is 7.87. The van der Waals surface area contributed by atoms with Gasteiger partial charge in [0.15, 0.2) is 0 Å². The molecule has 1 atom stereocenters. The van der Waals surface area contributed by atoms with Crippen molar-refractivity contribution in [1.82, 2.24) is 20.0 Å². The highest BCUT2D eigenvalue weighted by Crippen LogP contribution is 2.31. The Morgan fingerprint density at radius 1 is 1.08 bits per heavy atom. The molecule has 3 heterocycles. The van der Waals surface area contributed by atoms with E-state index in [9.17, 15) is 0 Å². The second kappa shape index (κ2) is 8.13. The molecular weight excluding hydrogens is 312 g/mol. The van der Waals surface area contributed by atoms with E-state index in [1.165, 1.54) is 42.5 Å². The van der Waals surface area contributed by atoms with Crippen molar-refractivity contribution in [1.29, 1.82) is 0 Å². The van der Waals surface area contributed by atoms with Gasteiger partial charge in [-0.15, -0.1) is 0 Å². The molecule has 0 aliphatic carbocycles. The first-order chi connectivity index (χ1) is 12.4. The van der Waals surface area contributed by atoms with Gasteiger partial charge in [-0.25, -0.2) is 0 Å². The molecule has 0 bridgehead atoms. The Hall–Kier alpha value is -1.69. The van der Waals surface area contributed by atoms with Crippen LogP contribution in [-0.4, -0.2) is 52.8 Å². The van der Waals surface area contributed by atoms with Crippen LogP contribution in [0.4, 0.5) is 0 Å². The van der Waals surface area contributed by atoms with E-state index in [2.05, 4.69) is 50.5 Å². The zero-order valence-electron chi connectivity index (χ0n) is 14.9. The maximum absolute atomic E-state index is 5.45. The third kappa shape index (κ3) is 4.29. The van der Waals surface area contributed by atoms with Crippen molar-refractivity contribution >= 4 is 0 Å². The second-order valence-electron chi connectivity index (χ2n) is 7.22. The van der Waals surface area contributed by atoms with Crippen molar-refractivity contribution in [3.8, 4) is 0 Å². The SMILES string of the molecule is c1cc(CN2CCOCC2)cc(CN2CCCCC2c2cn[nH]c2)c1. The molecule has 2 fully saturated rings. The minimum Gasteiger partial charge on any atom is -0.379 e. The third-order valence-corrected chi connectivity index (χ3v) is 5.40. The van der Waals surface area contributed by atoms with E-state index >= 15 is 0 Å². The Balaban J connectivity index is 1.43. The molecule has 2 aliphatic rings. The third-order valence-electron chi connectivity index (χ3n) is 5.40. The first kappa shape index (κ1) is 16.8. The monoisotopic (exact) mass is 340 g/mol. The van der Waals surface area contributed by atoms with Gasteiger partial charge in [-0.1, -0.05) is 30.7 Å². The van der Waals surface area contributed by atoms with E-state index in [1.807, 2.05) is 6.20 Å². The van der Waals surface area contributed by atoms with Crippen LogP contribution < -0.4 is 0 Å². The summed E-state index contributed by atoms with van der Waals surface area (Å²) in [5.74, 6) is 0. The van der Waals surface area contributed by atoms with Gasteiger partial charge in [0.2, 0.25) is 0 Å². The van der Waals surface area contributed by atoms with Gasteiger partial charge >= 0.3 is 0 Å². The molecule has 0 spiro atoms. The topological polar surface area (TPSA) is 44.4 Å². The lowest BCUT2D eigenvalue weighted by molar-refractivity contribution is 0.0341. The normalized spacial score (nSPS) is 23.0. The number of piperidine rings is 1. The van der Waals surface area contributed by atoms with Crippen molar-refractivity contribution < 1.29 is 4.74 Å². The summed E-state index contributed by atoms with van der Waals surface area (Å²) in [5.41, 5.74) is 4.15. The number of benzene rings is 1. The molecule has 2 aromatic rings. The van der Waals surface area contributed by atoms with E-state index in [-0.39, 0.29) is 0 Å². The molecule has 25 heavy (non-hydrogen) atoms. The summed E-state index contributed by atoms with van der Waals surface area (Å²) in [6, 6.07) is 9.61. The van der Waals surface area contributed by atoms with E-state index in [1.54, 1.807) is 0 Å². The standard InChI is InChI=1S/C20H28N4O/c1-2-7-24(20(6-1)19-13-21-22-14-19)16-18-5-3-4-17(12-18)15-23-8-10-25-11-9-23/h3-5,12-14,20H,1-2,6-11,15-16H2,(H,21,22). The van der Waals surface area contributed by atoms with Gasteiger partial charge in [0.1, 0.15) is 0 Å². The maximum Gasteiger partial charge on any atom is 0.0594 e. The Kier molecular flexibility index (Phi) is 5.45. The molecular formula is C20H28N4O. The van der Waals surface area contributed by atoms with Crippen molar-refractivity contribution in [2.75, 3.05) is 32.8 Å². The van der Waals surface area contributed by atoms with Crippen LogP contribution in [-0.2, 0) is 17.8 Å². The Morgan fingerprint density at radius 2 is 1.92 bits per heavy atom.